The second kappa shape index (κ2) is 8.41. The maximum atomic E-state index is 12.0. The molecule has 0 unspecified atom stereocenters. The van der Waals surface area contributed by atoms with E-state index in [9.17, 15) is 4.79 Å². The van der Waals surface area contributed by atoms with Gasteiger partial charge in [-0.1, -0.05) is 12.6 Å². The molecule has 7 heteroatoms. The maximum Gasteiger partial charge on any atom is 0.220 e. The molecule has 1 aliphatic heterocycles. The topological polar surface area (TPSA) is 74.3 Å². The number of H-pyrrole nitrogens is 1. The van der Waals surface area contributed by atoms with E-state index in [2.05, 4.69) is 35.3 Å². The van der Waals surface area contributed by atoms with E-state index in [0.29, 0.717) is 12.4 Å². The van der Waals surface area contributed by atoms with Crippen molar-refractivity contribution in [1.82, 2.24) is 19.9 Å². The number of aromatic amines is 1. The SMILES string of the molecule is C=C(C)COc1cnc2[nH]cc(-c3cccc(N4C[C@@H](C)N(C(C)=O)[C@@H](C)C4)n3)c2c1.[HH]. The van der Waals surface area contributed by atoms with E-state index < -0.39 is 0 Å². The fraction of sp³-hybridized carbons (Fsp3) is 0.375. The summed E-state index contributed by atoms with van der Waals surface area (Å²) in [6.07, 6.45) is 3.65. The molecule has 4 rings (SSSR count). The molecule has 0 spiro atoms. The van der Waals surface area contributed by atoms with Crippen molar-refractivity contribution >= 4 is 22.8 Å². The second-order valence-electron chi connectivity index (χ2n) is 8.43. The van der Waals surface area contributed by atoms with Crippen LogP contribution in [0.5, 0.6) is 5.75 Å². The average molecular weight is 422 g/mol. The minimum absolute atomic E-state index is 0. The molecule has 164 valence electrons. The number of fused-ring (bicyclic) bond motifs is 1. The number of carbonyl (C=O) groups excluding carboxylic acids is 1. The maximum absolute atomic E-state index is 12.0. The first kappa shape index (κ1) is 20.9. The van der Waals surface area contributed by atoms with E-state index >= 15 is 0 Å². The van der Waals surface area contributed by atoms with Gasteiger partial charge in [-0.3, -0.25) is 4.79 Å². The van der Waals surface area contributed by atoms with Gasteiger partial charge in [0.2, 0.25) is 5.91 Å². The van der Waals surface area contributed by atoms with Gasteiger partial charge in [0.25, 0.3) is 0 Å². The molecule has 4 heterocycles. The van der Waals surface area contributed by atoms with Crippen LogP contribution in [0.15, 0.2) is 48.8 Å². The van der Waals surface area contributed by atoms with E-state index in [4.69, 9.17) is 9.72 Å². The molecule has 7 nitrogen and oxygen atoms in total. The van der Waals surface area contributed by atoms with Gasteiger partial charge in [-0.05, 0) is 44.5 Å². The lowest BCUT2D eigenvalue weighted by atomic mass is 10.1. The van der Waals surface area contributed by atoms with Gasteiger partial charge in [-0.2, -0.15) is 0 Å². The first-order chi connectivity index (χ1) is 14.8. The highest BCUT2D eigenvalue weighted by Crippen LogP contribution is 2.31. The molecule has 0 aromatic carbocycles. The molecule has 0 aliphatic carbocycles. The third-order valence-electron chi connectivity index (χ3n) is 5.61. The summed E-state index contributed by atoms with van der Waals surface area (Å²) in [5.41, 5.74) is 3.60. The molecule has 0 bridgehead atoms. The molecule has 3 aromatic heterocycles. The van der Waals surface area contributed by atoms with Crippen LogP contribution < -0.4 is 9.64 Å². The predicted octanol–water partition coefficient (Wildman–Crippen LogP) is 4.27. The van der Waals surface area contributed by atoms with Crippen molar-refractivity contribution in [3.05, 3.63) is 48.8 Å². The Hall–Kier alpha value is -3.35. The first-order valence-electron chi connectivity index (χ1n) is 10.6. The van der Waals surface area contributed by atoms with Crippen LogP contribution in [0.4, 0.5) is 5.82 Å². The molecular formula is C24H31N5O2. The third-order valence-corrected chi connectivity index (χ3v) is 5.61. The van der Waals surface area contributed by atoms with E-state index in [1.54, 1.807) is 13.1 Å². The standard InChI is InChI=1S/C24H29N5O2.H2/c1-15(2)14-31-19-9-20-21(11-26-24(20)25-10-19)22-7-6-8-23(27-22)28-12-16(3)29(18(5)30)17(4)13-28;/h6-11,16-17H,1,12-14H2,2-5H3,(H,25,26);1H/t16-,17+;. The van der Waals surface area contributed by atoms with Crippen molar-refractivity contribution < 1.29 is 11.0 Å². The Labute approximate surface area is 184 Å². The number of ether oxygens (including phenoxy) is 1. The molecular weight excluding hydrogens is 390 g/mol. The molecule has 3 aromatic rings. The van der Waals surface area contributed by atoms with Gasteiger partial charge in [-0.15, -0.1) is 0 Å². The van der Waals surface area contributed by atoms with Crippen molar-refractivity contribution in [3.8, 4) is 17.0 Å². The number of amides is 1. The summed E-state index contributed by atoms with van der Waals surface area (Å²) < 4.78 is 5.77. The lowest BCUT2D eigenvalue weighted by Gasteiger charge is -2.44. The zero-order valence-electron chi connectivity index (χ0n) is 18.6. The smallest absolute Gasteiger partial charge is 0.220 e. The Morgan fingerprint density at radius 3 is 2.71 bits per heavy atom. The fourth-order valence-corrected chi connectivity index (χ4v) is 4.36. The number of pyridine rings is 2. The van der Waals surface area contributed by atoms with Crippen molar-refractivity contribution in [3.63, 3.8) is 0 Å². The van der Waals surface area contributed by atoms with Crippen molar-refractivity contribution in [2.45, 2.75) is 39.8 Å². The number of nitrogens with zero attached hydrogens (tertiary/aromatic N) is 4. The lowest BCUT2D eigenvalue weighted by Crippen LogP contribution is -2.58. The van der Waals surface area contributed by atoms with Crippen LogP contribution in [-0.2, 0) is 4.79 Å². The minimum Gasteiger partial charge on any atom is -0.488 e. The highest BCUT2D eigenvalue weighted by Gasteiger charge is 2.31. The van der Waals surface area contributed by atoms with Crippen LogP contribution in [-0.4, -0.2) is 57.5 Å². The summed E-state index contributed by atoms with van der Waals surface area (Å²) >= 11 is 0. The zero-order chi connectivity index (χ0) is 22.1. The quantitative estimate of drug-likeness (QED) is 0.623. The van der Waals surface area contributed by atoms with Crippen LogP contribution in [0, 0.1) is 0 Å². The number of piperazine rings is 1. The first-order valence-corrected chi connectivity index (χ1v) is 10.6. The Morgan fingerprint density at radius 2 is 2.03 bits per heavy atom. The Bertz CT molecular complexity index is 1120. The van der Waals surface area contributed by atoms with Crippen LogP contribution in [0.3, 0.4) is 0 Å². The Balaban J connectivity index is 0.00000289. The molecule has 1 aliphatic rings. The number of nitrogens with one attached hydrogen (secondary N) is 1. The second-order valence-corrected chi connectivity index (χ2v) is 8.43. The summed E-state index contributed by atoms with van der Waals surface area (Å²) in [4.78, 5) is 28.8. The third kappa shape index (κ3) is 4.26. The molecule has 0 saturated carbocycles. The number of aromatic nitrogens is 3. The molecule has 1 saturated heterocycles. The molecule has 0 radical (unpaired) electrons. The van der Waals surface area contributed by atoms with E-state index in [-0.39, 0.29) is 19.4 Å². The van der Waals surface area contributed by atoms with Gasteiger partial charge < -0.3 is 19.5 Å². The number of anilines is 1. The molecule has 1 amide bonds. The van der Waals surface area contributed by atoms with Gasteiger partial charge in [0.1, 0.15) is 23.8 Å². The minimum atomic E-state index is 0. The van der Waals surface area contributed by atoms with E-state index in [1.807, 2.05) is 42.3 Å². The lowest BCUT2D eigenvalue weighted by molar-refractivity contribution is -0.133. The van der Waals surface area contributed by atoms with Gasteiger partial charge in [0.05, 0.1) is 11.9 Å². The fourth-order valence-electron chi connectivity index (χ4n) is 4.36. The molecule has 31 heavy (non-hydrogen) atoms. The van der Waals surface area contributed by atoms with Crippen molar-refractivity contribution in [1.29, 1.82) is 0 Å². The van der Waals surface area contributed by atoms with Crippen LogP contribution in [0.1, 0.15) is 29.1 Å². The molecule has 1 N–H and O–H groups in total. The van der Waals surface area contributed by atoms with Crippen LogP contribution in [0.2, 0.25) is 0 Å². The highest BCUT2D eigenvalue weighted by atomic mass is 16.5. The summed E-state index contributed by atoms with van der Waals surface area (Å²) in [6.45, 7) is 13.6. The molecule has 1 fully saturated rings. The van der Waals surface area contributed by atoms with Gasteiger partial charge in [-0.25, -0.2) is 9.97 Å². The summed E-state index contributed by atoms with van der Waals surface area (Å²) in [6, 6.07) is 8.32. The molecule has 2 atom stereocenters. The van der Waals surface area contributed by atoms with Gasteiger partial charge in [0, 0.05) is 50.7 Å². The van der Waals surface area contributed by atoms with E-state index in [0.717, 1.165) is 46.8 Å². The van der Waals surface area contributed by atoms with Gasteiger partial charge >= 0.3 is 0 Å². The summed E-state index contributed by atoms with van der Waals surface area (Å²) in [5, 5.41) is 0.965. The van der Waals surface area contributed by atoms with Crippen molar-refractivity contribution in [2.24, 2.45) is 0 Å². The average Bonchev–Trinajstić information content (AvgIpc) is 3.15. The monoisotopic (exact) mass is 421 g/mol. The predicted molar refractivity (Wildman–Crippen MR) is 125 cm³/mol. The van der Waals surface area contributed by atoms with Crippen LogP contribution >= 0.6 is 0 Å². The number of hydrogen-bond acceptors (Lipinski definition) is 5. The largest absolute Gasteiger partial charge is 0.488 e. The Morgan fingerprint density at radius 1 is 1.29 bits per heavy atom. The van der Waals surface area contributed by atoms with Gasteiger partial charge in [0.15, 0.2) is 0 Å². The number of rotatable bonds is 5. The highest BCUT2D eigenvalue weighted by molar-refractivity contribution is 5.93. The zero-order valence-corrected chi connectivity index (χ0v) is 18.6. The van der Waals surface area contributed by atoms with Crippen molar-refractivity contribution in [2.75, 3.05) is 24.6 Å². The number of carbonyl (C=O) groups is 1. The normalized spacial score (nSPS) is 19.0. The van der Waals surface area contributed by atoms with Crippen LogP contribution in [0.25, 0.3) is 22.3 Å². The van der Waals surface area contributed by atoms with E-state index in [1.165, 1.54) is 0 Å². The summed E-state index contributed by atoms with van der Waals surface area (Å²) in [5.74, 6) is 1.74. The summed E-state index contributed by atoms with van der Waals surface area (Å²) in [7, 11) is 0. The number of hydrogen-bond donors (Lipinski definition) is 1. The Kier molecular flexibility index (Phi) is 5.67.